The molecule has 7 nitrogen and oxygen atoms in total. The van der Waals surface area contributed by atoms with Crippen molar-refractivity contribution in [1.82, 2.24) is 29.2 Å². The zero-order valence-corrected chi connectivity index (χ0v) is 15.8. The van der Waals surface area contributed by atoms with Crippen LogP contribution in [0.4, 0.5) is 0 Å². The van der Waals surface area contributed by atoms with Crippen LogP contribution in [0.1, 0.15) is 30.3 Å². The molecule has 0 aromatic carbocycles. The number of likely N-dealkylation sites (tertiary alicyclic amines) is 1. The molecule has 1 aliphatic rings. The van der Waals surface area contributed by atoms with Gasteiger partial charge in [0.25, 0.3) is 5.56 Å². The second-order valence-electron chi connectivity index (χ2n) is 6.86. The van der Waals surface area contributed by atoms with Crippen molar-refractivity contribution in [3.05, 3.63) is 28.1 Å². The van der Waals surface area contributed by atoms with Gasteiger partial charge in [0.15, 0.2) is 5.82 Å². The number of aryl methyl sites for hydroxylation is 3. The van der Waals surface area contributed by atoms with Gasteiger partial charge in [0.1, 0.15) is 10.7 Å². The maximum absolute atomic E-state index is 12.5. The first-order valence-electron chi connectivity index (χ1n) is 8.52. The fourth-order valence-corrected chi connectivity index (χ4v) is 4.62. The smallest absolute Gasteiger partial charge is 0.262 e. The van der Waals surface area contributed by atoms with Gasteiger partial charge in [-0.3, -0.25) is 4.79 Å². The van der Waals surface area contributed by atoms with E-state index in [4.69, 9.17) is 4.98 Å². The molecule has 1 saturated heterocycles. The van der Waals surface area contributed by atoms with E-state index in [2.05, 4.69) is 26.7 Å². The monoisotopic (exact) mass is 358 g/mol. The topological polar surface area (TPSA) is 68.8 Å². The van der Waals surface area contributed by atoms with Crippen LogP contribution in [0.25, 0.3) is 20.9 Å². The number of nitrogens with zero attached hydrogens (tertiary/aromatic N) is 6. The van der Waals surface area contributed by atoms with Crippen molar-refractivity contribution in [3.63, 3.8) is 0 Å². The van der Waals surface area contributed by atoms with Gasteiger partial charge in [0.2, 0.25) is 0 Å². The van der Waals surface area contributed by atoms with Crippen molar-refractivity contribution in [3.8, 4) is 10.7 Å². The third-order valence-corrected chi connectivity index (χ3v) is 6.18. The molecule has 0 unspecified atom stereocenters. The third kappa shape index (κ3) is 2.69. The normalized spacial score (nSPS) is 16.8. The van der Waals surface area contributed by atoms with Crippen molar-refractivity contribution in [2.24, 2.45) is 7.05 Å². The van der Waals surface area contributed by atoms with Crippen LogP contribution in [0.2, 0.25) is 0 Å². The Morgan fingerprint density at radius 1 is 1.20 bits per heavy atom. The van der Waals surface area contributed by atoms with Crippen LogP contribution >= 0.6 is 11.3 Å². The number of aromatic nitrogens is 5. The summed E-state index contributed by atoms with van der Waals surface area (Å²) in [7, 11) is 3.89. The molecular weight excluding hydrogens is 336 g/mol. The molecule has 4 rings (SSSR count). The van der Waals surface area contributed by atoms with E-state index in [0.29, 0.717) is 11.4 Å². The molecule has 0 amide bonds. The van der Waals surface area contributed by atoms with Gasteiger partial charge in [0.05, 0.1) is 22.6 Å². The van der Waals surface area contributed by atoms with Gasteiger partial charge in [-0.05, 0) is 52.4 Å². The maximum atomic E-state index is 12.5. The molecule has 4 heterocycles. The highest BCUT2D eigenvalue weighted by Gasteiger charge is 2.26. The van der Waals surface area contributed by atoms with Crippen LogP contribution in [0.3, 0.4) is 0 Å². The summed E-state index contributed by atoms with van der Waals surface area (Å²) in [6.45, 7) is 6.04. The molecule has 0 N–H and O–H groups in total. The highest BCUT2D eigenvalue weighted by Crippen LogP contribution is 2.36. The average molecular weight is 358 g/mol. The Bertz CT molecular complexity index is 993. The number of hydrogen-bond acceptors (Lipinski definition) is 6. The SMILES string of the molecule is Cc1nc(-c2sc3ncn(C)c(=O)c3c2C)n(C2CCN(C)CC2)n1. The lowest BCUT2D eigenvalue weighted by Crippen LogP contribution is -2.32. The number of fused-ring (bicyclic) bond motifs is 1. The molecule has 0 saturated carbocycles. The van der Waals surface area contributed by atoms with Gasteiger partial charge in [-0.25, -0.2) is 14.6 Å². The van der Waals surface area contributed by atoms with Gasteiger partial charge in [-0.2, -0.15) is 5.10 Å². The Labute approximate surface area is 149 Å². The predicted molar refractivity (Wildman–Crippen MR) is 99.1 cm³/mol. The Balaban J connectivity index is 1.86. The predicted octanol–water partition coefficient (Wildman–Crippen LogP) is 2.14. The van der Waals surface area contributed by atoms with E-state index >= 15 is 0 Å². The van der Waals surface area contributed by atoms with Gasteiger partial charge < -0.3 is 9.47 Å². The number of piperidine rings is 1. The van der Waals surface area contributed by atoms with Crippen LogP contribution in [0.5, 0.6) is 0 Å². The molecule has 0 aliphatic carbocycles. The second-order valence-corrected chi connectivity index (χ2v) is 7.86. The van der Waals surface area contributed by atoms with E-state index in [9.17, 15) is 4.79 Å². The summed E-state index contributed by atoms with van der Waals surface area (Å²) < 4.78 is 3.60. The van der Waals surface area contributed by atoms with E-state index in [0.717, 1.165) is 52.9 Å². The molecular formula is C17H22N6OS. The van der Waals surface area contributed by atoms with Crippen LogP contribution in [-0.4, -0.2) is 49.4 Å². The van der Waals surface area contributed by atoms with Gasteiger partial charge in [-0.1, -0.05) is 0 Å². The van der Waals surface area contributed by atoms with Crippen LogP contribution < -0.4 is 5.56 Å². The molecule has 1 fully saturated rings. The van der Waals surface area contributed by atoms with Gasteiger partial charge in [-0.15, -0.1) is 11.3 Å². The molecule has 3 aromatic rings. The lowest BCUT2D eigenvalue weighted by atomic mass is 10.1. The number of thiophene rings is 1. The molecule has 1 aliphatic heterocycles. The Morgan fingerprint density at radius 3 is 2.64 bits per heavy atom. The average Bonchev–Trinajstić information content (AvgIpc) is 3.12. The van der Waals surface area contributed by atoms with E-state index in [1.165, 1.54) is 15.9 Å². The highest BCUT2D eigenvalue weighted by atomic mass is 32.1. The molecule has 0 atom stereocenters. The summed E-state index contributed by atoms with van der Waals surface area (Å²) in [5.74, 6) is 1.64. The summed E-state index contributed by atoms with van der Waals surface area (Å²) in [5, 5.41) is 5.37. The minimum Gasteiger partial charge on any atom is -0.306 e. The summed E-state index contributed by atoms with van der Waals surface area (Å²) >= 11 is 1.53. The van der Waals surface area contributed by atoms with Crippen molar-refractivity contribution in [1.29, 1.82) is 0 Å². The Kier molecular flexibility index (Phi) is 3.96. The fourth-order valence-electron chi connectivity index (χ4n) is 3.50. The van der Waals surface area contributed by atoms with Crippen molar-refractivity contribution in [2.75, 3.05) is 20.1 Å². The molecule has 0 radical (unpaired) electrons. The van der Waals surface area contributed by atoms with Gasteiger partial charge in [0, 0.05) is 7.05 Å². The molecule has 0 bridgehead atoms. The highest BCUT2D eigenvalue weighted by molar-refractivity contribution is 7.22. The van der Waals surface area contributed by atoms with E-state index in [1.807, 2.05) is 13.8 Å². The van der Waals surface area contributed by atoms with Crippen LogP contribution in [-0.2, 0) is 7.05 Å². The minimum absolute atomic E-state index is 0.00733. The zero-order valence-electron chi connectivity index (χ0n) is 15.0. The molecule has 132 valence electrons. The lowest BCUT2D eigenvalue weighted by molar-refractivity contribution is 0.213. The second kappa shape index (κ2) is 6.03. The lowest BCUT2D eigenvalue weighted by Gasteiger charge is -2.29. The van der Waals surface area contributed by atoms with Gasteiger partial charge >= 0.3 is 0 Å². The van der Waals surface area contributed by atoms with Crippen LogP contribution in [0.15, 0.2) is 11.1 Å². The van der Waals surface area contributed by atoms with Crippen molar-refractivity contribution in [2.45, 2.75) is 32.7 Å². The Hall–Kier alpha value is -2.06. The zero-order chi connectivity index (χ0) is 17.7. The minimum atomic E-state index is -0.00733. The Morgan fingerprint density at radius 2 is 1.92 bits per heavy atom. The maximum Gasteiger partial charge on any atom is 0.262 e. The van der Waals surface area contributed by atoms with E-state index in [-0.39, 0.29) is 5.56 Å². The third-order valence-electron chi connectivity index (χ3n) is 4.98. The number of hydrogen-bond donors (Lipinski definition) is 0. The first kappa shape index (κ1) is 16.4. The summed E-state index contributed by atoms with van der Waals surface area (Å²) in [5.41, 5.74) is 0.947. The first-order valence-corrected chi connectivity index (χ1v) is 9.34. The van der Waals surface area contributed by atoms with Crippen molar-refractivity contribution < 1.29 is 0 Å². The van der Waals surface area contributed by atoms with Crippen molar-refractivity contribution >= 4 is 21.6 Å². The molecule has 25 heavy (non-hydrogen) atoms. The molecule has 0 spiro atoms. The molecule has 3 aromatic heterocycles. The summed E-state index contributed by atoms with van der Waals surface area (Å²) in [4.78, 5) is 25.7. The fraction of sp³-hybridized carbons (Fsp3) is 0.529. The standard InChI is InChI=1S/C17H22N6OS/c1-10-13-16(18-9-22(4)17(13)24)25-14(10)15-19-11(2)20-23(15)12-5-7-21(3)8-6-12/h9,12H,5-8H2,1-4H3. The quantitative estimate of drug-likeness (QED) is 0.702. The summed E-state index contributed by atoms with van der Waals surface area (Å²) in [6.07, 6.45) is 3.71. The number of rotatable bonds is 2. The van der Waals surface area contributed by atoms with Crippen LogP contribution in [0, 0.1) is 13.8 Å². The van der Waals surface area contributed by atoms with E-state index in [1.54, 1.807) is 13.4 Å². The summed E-state index contributed by atoms with van der Waals surface area (Å²) in [6, 6.07) is 0.354. The van der Waals surface area contributed by atoms with E-state index < -0.39 is 0 Å². The largest absolute Gasteiger partial charge is 0.306 e. The molecule has 8 heteroatoms. The first-order chi connectivity index (χ1) is 12.0.